The topological polar surface area (TPSA) is 44.4 Å². The van der Waals surface area contributed by atoms with E-state index < -0.39 is 0 Å². The van der Waals surface area contributed by atoms with E-state index in [4.69, 9.17) is 0 Å². The third-order valence-electron chi connectivity index (χ3n) is 3.95. The average Bonchev–Trinajstić information content (AvgIpc) is 2.44. The molecular formula is C15H31N3O. The molecule has 1 amide bonds. The van der Waals surface area contributed by atoms with Crippen molar-refractivity contribution >= 4 is 5.91 Å². The molecule has 112 valence electrons. The molecule has 2 N–H and O–H groups in total. The highest BCUT2D eigenvalue weighted by Gasteiger charge is 2.19. The summed E-state index contributed by atoms with van der Waals surface area (Å²) in [5.74, 6) is 0.127. The third-order valence-corrected chi connectivity index (χ3v) is 3.95. The highest BCUT2D eigenvalue weighted by Crippen LogP contribution is 2.10. The van der Waals surface area contributed by atoms with Crippen molar-refractivity contribution in [1.29, 1.82) is 0 Å². The number of nitrogens with zero attached hydrogens (tertiary/aromatic N) is 1. The Hall–Kier alpha value is -0.610. The Labute approximate surface area is 118 Å². The van der Waals surface area contributed by atoms with E-state index in [0.29, 0.717) is 12.6 Å². The molecule has 4 nitrogen and oxygen atoms in total. The lowest BCUT2D eigenvalue weighted by atomic mass is 10.0. The lowest BCUT2D eigenvalue weighted by molar-refractivity contribution is -0.122. The first-order valence-electron chi connectivity index (χ1n) is 7.92. The first-order chi connectivity index (χ1) is 9.26. The van der Waals surface area contributed by atoms with Gasteiger partial charge in [-0.2, -0.15) is 0 Å². The monoisotopic (exact) mass is 269 g/mol. The molecule has 0 radical (unpaired) electrons. The van der Waals surface area contributed by atoms with Crippen LogP contribution in [0.3, 0.4) is 0 Å². The maximum Gasteiger partial charge on any atom is 0.233 e. The Morgan fingerprint density at radius 3 is 2.47 bits per heavy atom. The second-order valence-electron chi connectivity index (χ2n) is 5.59. The summed E-state index contributed by atoms with van der Waals surface area (Å²) < 4.78 is 0. The smallest absolute Gasteiger partial charge is 0.233 e. The fourth-order valence-corrected chi connectivity index (χ4v) is 2.61. The van der Waals surface area contributed by atoms with E-state index in [9.17, 15) is 4.79 Å². The molecule has 1 aliphatic rings. The molecule has 0 aromatic carbocycles. The summed E-state index contributed by atoms with van der Waals surface area (Å²) in [5, 5.41) is 6.34. The number of carbonyl (C=O) groups is 1. The molecule has 0 bridgehead atoms. The van der Waals surface area contributed by atoms with Gasteiger partial charge >= 0.3 is 0 Å². The maximum absolute atomic E-state index is 11.3. The molecular weight excluding hydrogens is 238 g/mol. The number of carbonyl (C=O) groups excluding carboxylic acids is 1. The van der Waals surface area contributed by atoms with Crippen molar-refractivity contribution in [3.8, 4) is 0 Å². The summed E-state index contributed by atoms with van der Waals surface area (Å²) in [6.45, 7) is 6.05. The van der Waals surface area contributed by atoms with Crippen molar-refractivity contribution in [2.45, 2.75) is 57.9 Å². The molecule has 1 heterocycles. The summed E-state index contributed by atoms with van der Waals surface area (Å²) in [6, 6.07) is 0.659. The summed E-state index contributed by atoms with van der Waals surface area (Å²) in [4.78, 5) is 13.5. The van der Waals surface area contributed by atoms with Crippen LogP contribution >= 0.6 is 0 Å². The molecule has 0 aliphatic carbocycles. The minimum atomic E-state index is 0.127. The molecule has 0 aromatic heterocycles. The minimum absolute atomic E-state index is 0.127. The van der Waals surface area contributed by atoms with E-state index in [0.717, 1.165) is 19.6 Å². The van der Waals surface area contributed by atoms with Crippen molar-refractivity contribution in [1.82, 2.24) is 15.5 Å². The lowest BCUT2D eigenvalue weighted by Gasteiger charge is -2.31. The van der Waals surface area contributed by atoms with Crippen LogP contribution in [0.2, 0.25) is 0 Å². The Morgan fingerprint density at radius 2 is 1.84 bits per heavy atom. The standard InChI is InChI=1S/C15H31N3O/c1-3-4-5-6-7-10-17-14-8-11-18(12-9-14)13-15(19)16-2/h14,17H,3-13H2,1-2H3,(H,16,19). The van der Waals surface area contributed by atoms with Crippen LogP contribution in [-0.2, 0) is 4.79 Å². The number of hydrogen-bond donors (Lipinski definition) is 2. The van der Waals surface area contributed by atoms with Gasteiger partial charge in [0.1, 0.15) is 0 Å². The number of piperidine rings is 1. The Bertz CT molecular complexity index is 238. The summed E-state index contributed by atoms with van der Waals surface area (Å²) in [6.07, 6.45) is 9.07. The van der Waals surface area contributed by atoms with E-state index in [1.165, 1.54) is 44.9 Å². The maximum atomic E-state index is 11.3. The normalized spacial score (nSPS) is 17.6. The largest absolute Gasteiger partial charge is 0.358 e. The van der Waals surface area contributed by atoms with Gasteiger partial charge in [-0.05, 0) is 25.8 Å². The number of unbranched alkanes of at least 4 members (excludes halogenated alkanes) is 4. The average molecular weight is 269 g/mol. The zero-order chi connectivity index (χ0) is 13.9. The minimum Gasteiger partial charge on any atom is -0.358 e. The Morgan fingerprint density at radius 1 is 1.16 bits per heavy atom. The number of amides is 1. The van der Waals surface area contributed by atoms with E-state index in [1.807, 2.05) is 0 Å². The Balaban J connectivity index is 1.99. The van der Waals surface area contributed by atoms with Gasteiger partial charge < -0.3 is 10.6 Å². The first kappa shape index (κ1) is 16.4. The van der Waals surface area contributed by atoms with Crippen LogP contribution < -0.4 is 10.6 Å². The fourth-order valence-electron chi connectivity index (χ4n) is 2.61. The van der Waals surface area contributed by atoms with E-state index in [2.05, 4.69) is 22.5 Å². The van der Waals surface area contributed by atoms with Crippen LogP contribution in [0.1, 0.15) is 51.9 Å². The van der Waals surface area contributed by atoms with Crippen molar-refractivity contribution in [3.63, 3.8) is 0 Å². The summed E-state index contributed by atoms with van der Waals surface area (Å²) >= 11 is 0. The lowest BCUT2D eigenvalue weighted by Crippen LogP contribution is -2.45. The van der Waals surface area contributed by atoms with Crippen molar-refractivity contribution < 1.29 is 4.79 Å². The van der Waals surface area contributed by atoms with E-state index in [-0.39, 0.29) is 5.91 Å². The van der Waals surface area contributed by atoms with Gasteiger partial charge in [-0.25, -0.2) is 0 Å². The van der Waals surface area contributed by atoms with Gasteiger partial charge in [0.05, 0.1) is 6.54 Å². The third kappa shape index (κ3) is 7.53. The zero-order valence-corrected chi connectivity index (χ0v) is 12.7. The van der Waals surface area contributed by atoms with Crippen LogP contribution in [0.5, 0.6) is 0 Å². The van der Waals surface area contributed by atoms with Crippen LogP contribution in [0.4, 0.5) is 0 Å². The number of rotatable bonds is 9. The molecule has 0 atom stereocenters. The predicted molar refractivity (Wildman–Crippen MR) is 80.3 cm³/mol. The summed E-state index contributed by atoms with van der Waals surface area (Å²) in [7, 11) is 1.70. The molecule has 1 aliphatic heterocycles. The second-order valence-corrected chi connectivity index (χ2v) is 5.59. The quantitative estimate of drug-likeness (QED) is 0.627. The number of likely N-dealkylation sites (N-methyl/N-ethyl adjacent to an activating group) is 1. The van der Waals surface area contributed by atoms with Crippen molar-refractivity contribution in [2.24, 2.45) is 0 Å². The van der Waals surface area contributed by atoms with Crippen molar-refractivity contribution in [3.05, 3.63) is 0 Å². The molecule has 1 rings (SSSR count). The highest BCUT2D eigenvalue weighted by atomic mass is 16.1. The predicted octanol–water partition coefficient (Wildman–Crippen LogP) is 1.76. The van der Waals surface area contributed by atoms with Gasteiger partial charge in [-0.15, -0.1) is 0 Å². The number of likely N-dealkylation sites (tertiary alicyclic amines) is 1. The molecule has 1 saturated heterocycles. The zero-order valence-electron chi connectivity index (χ0n) is 12.7. The molecule has 1 fully saturated rings. The highest BCUT2D eigenvalue weighted by molar-refractivity contribution is 5.77. The van der Waals surface area contributed by atoms with Crippen LogP contribution in [0, 0.1) is 0 Å². The van der Waals surface area contributed by atoms with Gasteiger partial charge in [-0.1, -0.05) is 32.6 Å². The number of hydrogen-bond acceptors (Lipinski definition) is 3. The van der Waals surface area contributed by atoms with Gasteiger partial charge in [-0.3, -0.25) is 9.69 Å². The summed E-state index contributed by atoms with van der Waals surface area (Å²) in [5.41, 5.74) is 0. The molecule has 0 saturated carbocycles. The van der Waals surface area contributed by atoms with Crippen LogP contribution in [0.25, 0.3) is 0 Å². The van der Waals surface area contributed by atoms with Gasteiger partial charge in [0.25, 0.3) is 0 Å². The van der Waals surface area contributed by atoms with E-state index in [1.54, 1.807) is 7.05 Å². The Kier molecular flexibility index (Phi) is 8.84. The molecule has 0 aromatic rings. The van der Waals surface area contributed by atoms with Crippen LogP contribution in [0.15, 0.2) is 0 Å². The number of nitrogens with one attached hydrogen (secondary N) is 2. The molecule has 4 heteroatoms. The van der Waals surface area contributed by atoms with Gasteiger partial charge in [0, 0.05) is 26.2 Å². The molecule has 19 heavy (non-hydrogen) atoms. The van der Waals surface area contributed by atoms with Gasteiger partial charge in [0.2, 0.25) is 5.91 Å². The van der Waals surface area contributed by atoms with Crippen molar-refractivity contribution in [2.75, 3.05) is 33.2 Å². The SMILES string of the molecule is CCCCCCCNC1CCN(CC(=O)NC)CC1. The second kappa shape index (κ2) is 10.2. The molecule has 0 unspecified atom stereocenters. The van der Waals surface area contributed by atoms with E-state index >= 15 is 0 Å². The molecule has 0 spiro atoms. The fraction of sp³-hybridized carbons (Fsp3) is 0.933. The van der Waals surface area contributed by atoms with Gasteiger partial charge in [0.15, 0.2) is 0 Å². The van der Waals surface area contributed by atoms with Crippen LogP contribution in [-0.4, -0.2) is 50.1 Å². The first-order valence-corrected chi connectivity index (χ1v) is 7.92.